The Bertz CT molecular complexity index is 449. The van der Waals surface area contributed by atoms with Gasteiger partial charge in [0.15, 0.2) is 0 Å². The van der Waals surface area contributed by atoms with E-state index in [0.29, 0.717) is 0 Å². The van der Waals surface area contributed by atoms with E-state index in [9.17, 15) is 4.79 Å². The van der Waals surface area contributed by atoms with Crippen LogP contribution in [0.25, 0.3) is 0 Å². The van der Waals surface area contributed by atoms with Crippen molar-refractivity contribution in [2.24, 2.45) is 0 Å². The molecule has 0 aliphatic heterocycles. The third-order valence-corrected chi connectivity index (χ3v) is 2.52. The van der Waals surface area contributed by atoms with Crippen LogP contribution in [0.3, 0.4) is 0 Å². The van der Waals surface area contributed by atoms with E-state index in [-0.39, 0.29) is 18.5 Å². The molecule has 0 saturated carbocycles. The Hall–Kier alpha value is -2.15. The van der Waals surface area contributed by atoms with Gasteiger partial charge in [0, 0.05) is 14.1 Å². The number of carbonyl (C=O) groups excluding carboxylic acids is 1. The number of hydrogen-bond acceptors (Lipinski definition) is 3. The van der Waals surface area contributed by atoms with Gasteiger partial charge in [0.2, 0.25) is 5.91 Å². The first-order valence-corrected chi connectivity index (χ1v) is 5.80. The van der Waals surface area contributed by atoms with E-state index in [1.807, 2.05) is 43.3 Å². The summed E-state index contributed by atoms with van der Waals surface area (Å²) in [5.74, 6) is 2.27. The van der Waals surface area contributed by atoms with Crippen molar-refractivity contribution in [1.29, 1.82) is 0 Å². The maximum atomic E-state index is 11.7. The first-order valence-electron chi connectivity index (χ1n) is 5.80. The zero-order valence-corrected chi connectivity index (χ0v) is 11.0. The smallest absolute Gasteiger partial charge is 0.242 e. The van der Waals surface area contributed by atoms with Gasteiger partial charge < -0.3 is 15.5 Å². The van der Waals surface area contributed by atoms with E-state index < -0.39 is 0 Å². The molecule has 0 bridgehead atoms. The number of benzene rings is 1. The van der Waals surface area contributed by atoms with E-state index in [1.54, 1.807) is 6.92 Å². The summed E-state index contributed by atoms with van der Waals surface area (Å²) in [6.07, 6.45) is 5.10. The van der Waals surface area contributed by atoms with Crippen molar-refractivity contribution in [1.82, 2.24) is 5.32 Å². The maximum Gasteiger partial charge on any atom is 0.242 e. The molecule has 0 spiro atoms. The van der Waals surface area contributed by atoms with Crippen LogP contribution in [0.2, 0.25) is 0 Å². The van der Waals surface area contributed by atoms with Crippen LogP contribution in [-0.4, -0.2) is 32.6 Å². The highest BCUT2D eigenvalue weighted by Gasteiger charge is 2.13. The second kappa shape index (κ2) is 6.55. The van der Waals surface area contributed by atoms with Crippen molar-refractivity contribution in [3.63, 3.8) is 0 Å². The van der Waals surface area contributed by atoms with Crippen LogP contribution >= 0.6 is 0 Å². The molecule has 96 valence electrons. The van der Waals surface area contributed by atoms with Crippen molar-refractivity contribution in [2.45, 2.75) is 13.0 Å². The second-order valence-corrected chi connectivity index (χ2v) is 4.20. The summed E-state index contributed by atoms with van der Waals surface area (Å²) in [6.45, 7) is 2.05. The van der Waals surface area contributed by atoms with Crippen LogP contribution in [-0.2, 0) is 4.79 Å². The Morgan fingerprint density at radius 2 is 2.11 bits per heavy atom. The molecule has 1 aromatic carbocycles. The van der Waals surface area contributed by atoms with Crippen molar-refractivity contribution in [2.75, 3.05) is 30.9 Å². The third kappa shape index (κ3) is 3.70. The van der Waals surface area contributed by atoms with Gasteiger partial charge in [0.1, 0.15) is 6.04 Å². The van der Waals surface area contributed by atoms with Gasteiger partial charge in [-0.1, -0.05) is 18.1 Å². The maximum absolute atomic E-state index is 11.7. The monoisotopic (exact) mass is 245 g/mol. The lowest BCUT2D eigenvalue weighted by molar-refractivity contribution is -0.121. The largest absolute Gasteiger partial charge is 0.376 e. The topological polar surface area (TPSA) is 44.4 Å². The van der Waals surface area contributed by atoms with Crippen molar-refractivity contribution < 1.29 is 4.79 Å². The number of anilines is 2. The van der Waals surface area contributed by atoms with Gasteiger partial charge in [0.05, 0.1) is 17.9 Å². The minimum absolute atomic E-state index is 0.110. The van der Waals surface area contributed by atoms with E-state index >= 15 is 0 Å². The highest BCUT2D eigenvalue weighted by atomic mass is 16.2. The molecule has 0 heterocycles. The van der Waals surface area contributed by atoms with Crippen LogP contribution in [0.1, 0.15) is 6.92 Å². The molecule has 1 rings (SSSR count). The Morgan fingerprint density at radius 3 is 2.72 bits per heavy atom. The third-order valence-electron chi connectivity index (χ3n) is 2.52. The molecule has 1 aromatic rings. The van der Waals surface area contributed by atoms with Crippen LogP contribution in [0.4, 0.5) is 11.4 Å². The van der Waals surface area contributed by atoms with Gasteiger partial charge >= 0.3 is 0 Å². The normalized spacial score (nSPS) is 11.2. The van der Waals surface area contributed by atoms with Gasteiger partial charge in [-0.3, -0.25) is 4.79 Å². The Labute approximate surface area is 108 Å². The van der Waals surface area contributed by atoms with Crippen molar-refractivity contribution >= 4 is 17.3 Å². The van der Waals surface area contributed by atoms with Crippen molar-refractivity contribution in [3.05, 3.63) is 24.3 Å². The zero-order chi connectivity index (χ0) is 13.5. The summed E-state index contributed by atoms with van der Waals surface area (Å²) in [7, 11) is 3.92. The highest BCUT2D eigenvalue weighted by Crippen LogP contribution is 2.23. The summed E-state index contributed by atoms with van der Waals surface area (Å²) in [4.78, 5) is 13.7. The second-order valence-electron chi connectivity index (χ2n) is 4.20. The number of nitrogens with zero attached hydrogens (tertiary/aromatic N) is 1. The van der Waals surface area contributed by atoms with Gasteiger partial charge in [-0.15, -0.1) is 6.42 Å². The van der Waals surface area contributed by atoms with Crippen LogP contribution in [0.15, 0.2) is 24.3 Å². The molecule has 0 fully saturated rings. The summed E-state index contributed by atoms with van der Waals surface area (Å²) in [5, 5.41) is 5.83. The quantitative estimate of drug-likeness (QED) is 0.769. The fourth-order valence-corrected chi connectivity index (χ4v) is 1.58. The lowest BCUT2D eigenvalue weighted by Gasteiger charge is -2.21. The zero-order valence-electron chi connectivity index (χ0n) is 11.0. The number of hydrogen-bond donors (Lipinski definition) is 2. The fraction of sp³-hybridized carbons (Fsp3) is 0.357. The molecule has 4 heteroatoms. The fourth-order valence-electron chi connectivity index (χ4n) is 1.58. The molecular weight excluding hydrogens is 226 g/mol. The predicted octanol–water partition coefficient (Wildman–Crippen LogP) is 1.30. The van der Waals surface area contributed by atoms with E-state index in [2.05, 4.69) is 16.6 Å². The summed E-state index contributed by atoms with van der Waals surface area (Å²) in [5.41, 5.74) is 1.96. The number of nitrogens with one attached hydrogen (secondary N) is 2. The SMILES string of the molecule is C#CCNC(=O)C(C)Nc1ccccc1N(C)C. The summed E-state index contributed by atoms with van der Waals surface area (Å²) >= 11 is 0. The molecular formula is C14H19N3O. The number of para-hydroxylation sites is 2. The molecule has 0 radical (unpaired) electrons. The first-order chi connectivity index (χ1) is 8.56. The molecule has 18 heavy (non-hydrogen) atoms. The van der Waals surface area contributed by atoms with Gasteiger partial charge in [0.25, 0.3) is 0 Å². The Balaban J connectivity index is 2.73. The van der Waals surface area contributed by atoms with Gasteiger partial charge in [-0.2, -0.15) is 0 Å². The Morgan fingerprint density at radius 1 is 1.44 bits per heavy atom. The summed E-state index contributed by atoms with van der Waals surface area (Å²) in [6, 6.07) is 7.50. The predicted molar refractivity (Wildman–Crippen MR) is 75.7 cm³/mol. The number of rotatable bonds is 5. The molecule has 0 saturated heterocycles. The Kier molecular flexibility index (Phi) is 5.06. The molecule has 0 aliphatic rings. The molecule has 1 unspecified atom stereocenters. The average molecular weight is 245 g/mol. The molecule has 1 amide bonds. The first kappa shape index (κ1) is 13.9. The van der Waals surface area contributed by atoms with Crippen molar-refractivity contribution in [3.8, 4) is 12.3 Å². The minimum atomic E-state index is -0.334. The highest BCUT2D eigenvalue weighted by molar-refractivity contribution is 5.85. The standard InChI is InChI=1S/C14H19N3O/c1-5-10-15-14(18)11(2)16-12-8-6-7-9-13(12)17(3)4/h1,6-9,11,16H,10H2,2-4H3,(H,15,18). The van der Waals surface area contributed by atoms with E-state index in [4.69, 9.17) is 6.42 Å². The van der Waals surface area contributed by atoms with E-state index in [0.717, 1.165) is 11.4 Å². The number of amides is 1. The van der Waals surface area contributed by atoms with Gasteiger partial charge in [-0.05, 0) is 19.1 Å². The van der Waals surface area contributed by atoms with Crippen LogP contribution in [0, 0.1) is 12.3 Å². The van der Waals surface area contributed by atoms with E-state index in [1.165, 1.54) is 0 Å². The molecule has 4 nitrogen and oxygen atoms in total. The minimum Gasteiger partial charge on any atom is -0.376 e. The molecule has 2 N–H and O–H groups in total. The van der Waals surface area contributed by atoms with Crippen LogP contribution < -0.4 is 15.5 Å². The molecule has 0 aromatic heterocycles. The lowest BCUT2D eigenvalue weighted by Crippen LogP contribution is -2.37. The van der Waals surface area contributed by atoms with Gasteiger partial charge in [-0.25, -0.2) is 0 Å². The number of terminal acetylenes is 1. The molecule has 0 aliphatic carbocycles. The van der Waals surface area contributed by atoms with Crippen LogP contribution in [0.5, 0.6) is 0 Å². The molecule has 1 atom stereocenters. The lowest BCUT2D eigenvalue weighted by atomic mass is 10.2. The summed E-state index contributed by atoms with van der Waals surface area (Å²) < 4.78 is 0. The average Bonchev–Trinajstić information content (AvgIpc) is 2.36. The number of carbonyl (C=O) groups is 1.